The lowest BCUT2D eigenvalue weighted by Gasteiger charge is -2.26. The van der Waals surface area contributed by atoms with Gasteiger partial charge in [0.2, 0.25) is 0 Å². The number of ether oxygens (including phenoxy) is 2. The largest absolute Gasteiger partial charge is 0.490 e. The first kappa shape index (κ1) is 20.2. The summed E-state index contributed by atoms with van der Waals surface area (Å²) in [6.45, 7) is 2.14. The lowest BCUT2D eigenvalue weighted by Crippen LogP contribution is -2.26. The van der Waals surface area contributed by atoms with E-state index < -0.39 is 0 Å². The molecule has 0 radical (unpaired) electrons. The van der Waals surface area contributed by atoms with E-state index in [4.69, 9.17) is 20.9 Å². The molecule has 1 aliphatic heterocycles. The summed E-state index contributed by atoms with van der Waals surface area (Å²) in [5.74, 6) is 0.196. The summed E-state index contributed by atoms with van der Waals surface area (Å²) in [6.07, 6.45) is 1.53. The zero-order valence-corrected chi connectivity index (χ0v) is 16.2. The molecule has 1 aliphatic rings. The normalized spacial score (nSPS) is 14.9. The van der Waals surface area contributed by atoms with Gasteiger partial charge in [0.05, 0.1) is 18.7 Å². The number of nitrogens with one attached hydrogen (secondary N) is 1. The van der Waals surface area contributed by atoms with Gasteiger partial charge in [0.1, 0.15) is 11.9 Å². The Hall–Kier alpha value is -3.55. The highest BCUT2D eigenvalue weighted by atomic mass is 16.5. The number of hydrogen-bond acceptors (Lipinski definition) is 5. The minimum absolute atomic E-state index is 0.0389. The van der Waals surface area contributed by atoms with Crippen LogP contribution in [0.15, 0.2) is 47.5 Å². The molecule has 3 rings (SSSR count). The van der Waals surface area contributed by atoms with Gasteiger partial charge in [0.25, 0.3) is 5.91 Å². The number of anilines is 1. The van der Waals surface area contributed by atoms with Crippen molar-refractivity contribution in [1.29, 1.82) is 0 Å². The topological polar surface area (TPSA) is 129 Å². The molecule has 29 heavy (non-hydrogen) atoms. The van der Waals surface area contributed by atoms with Gasteiger partial charge in [-0.25, -0.2) is 4.99 Å². The number of benzene rings is 2. The van der Waals surface area contributed by atoms with Crippen molar-refractivity contribution in [2.75, 3.05) is 11.9 Å². The van der Waals surface area contributed by atoms with Gasteiger partial charge in [-0.2, -0.15) is 0 Å². The SMILES string of the molecule is CCOC(=O)CC1CCc2cc(NC(=O)c3ccc(N=C(N)N)cc3)ccc2O1. The highest BCUT2D eigenvalue weighted by Crippen LogP contribution is 2.31. The van der Waals surface area contributed by atoms with Crippen molar-refractivity contribution < 1.29 is 19.1 Å². The summed E-state index contributed by atoms with van der Waals surface area (Å²) in [5, 5.41) is 2.87. The van der Waals surface area contributed by atoms with E-state index in [9.17, 15) is 9.59 Å². The number of aryl methyl sites for hydroxylation is 1. The van der Waals surface area contributed by atoms with Crippen molar-refractivity contribution in [2.24, 2.45) is 16.5 Å². The average Bonchev–Trinajstić information content (AvgIpc) is 2.68. The van der Waals surface area contributed by atoms with E-state index in [-0.39, 0.29) is 30.4 Å². The Bertz CT molecular complexity index is 921. The van der Waals surface area contributed by atoms with Crippen LogP contribution in [0.1, 0.15) is 35.7 Å². The molecule has 0 spiro atoms. The first-order valence-electron chi connectivity index (χ1n) is 9.41. The zero-order chi connectivity index (χ0) is 20.8. The molecule has 1 amide bonds. The first-order chi connectivity index (χ1) is 13.9. The van der Waals surface area contributed by atoms with Gasteiger partial charge >= 0.3 is 5.97 Å². The highest BCUT2D eigenvalue weighted by Gasteiger charge is 2.23. The second kappa shape index (κ2) is 9.09. The van der Waals surface area contributed by atoms with Crippen molar-refractivity contribution >= 4 is 29.2 Å². The molecule has 1 unspecified atom stereocenters. The zero-order valence-electron chi connectivity index (χ0n) is 16.2. The molecule has 0 aliphatic carbocycles. The fraction of sp³-hybridized carbons (Fsp3) is 0.286. The number of amides is 1. The third-order valence-corrected chi connectivity index (χ3v) is 4.43. The van der Waals surface area contributed by atoms with Crippen LogP contribution in [0.25, 0.3) is 0 Å². The van der Waals surface area contributed by atoms with Crippen molar-refractivity contribution in [3.63, 3.8) is 0 Å². The Morgan fingerprint density at radius 1 is 1.21 bits per heavy atom. The first-order valence-corrected chi connectivity index (χ1v) is 9.41. The van der Waals surface area contributed by atoms with Crippen LogP contribution in [0.3, 0.4) is 0 Å². The van der Waals surface area contributed by atoms with Gasteiger partial charge in [-0.15, -0.1) is 0 Å². The fourth-order valence-corrected chi connectivity index (χ4v) is 3.11. The van der Waals surface area contributed by atoms with E-state index >= 15 is 0 Å². The molecule has 152 valence electrons. The summed E-state index contributed by atoms with van der Waals surface area (Å²) in [5.41, 5.74) is 13.4. The van der Waals surface area contributed by atoms with Crippen LogP contribution in [0.2, 0.25) is 0 Å². The molecule has 2 aromatic carbocycles. The quantitative estimate of drug-likeness (QED) is 0.391. The predicted molar refractivity (Wildman–Crippen MR) is 110 cm³/mol. The number of nitrogens with zero attached hydrogens (tertiary/aromatic N) is 1. The van der Waals surface area contributed by atoms with Crippen LogP contribution >= 0.6 is 0 Å². The number of esters is 1. The average molecular weight is 396 g/mol. The van der Waals surface area contributed by atoms with E-state index in [0.29, 0.717) is 23.5 Å². The van der Waals surface area contributed by atoms with Crippen LogP contribution in [-0.2, 0) is 16.0 Å². The smallest absolute Gasteiger partial charge is 0.309 e. The number of hydrogen-bond donors (Lipinski definition) is 3. The molecule has 0 saturated carbocycles. The number of guanidine groups is 1. The van der Waals surface area contributed by atoms with Crippen molar-refractivity contribution in [2.45, 2.75) is 32.3 Å². The molecule has 0 fully saturated rings. The molecular weight excluding hydrogens is 372 g/mol. The Morgan fingerprint density at radius 2 is 1.97 bits per heavy atom. The number of carbonyl (C=O) groups is 2. The molecule has 0 bridgehead atoms. The van der Waals surface area contributed by atoms with Crippen molar-refractivity contribution in [3.8, 4) is 5.75 Å². The van der Waals surface area contributed by atoms with Gasteiger partial charge < -0.3 is 26.3 Å². The van der Waals surface area contributed by atoms with Crippen LogP contribution in [0.4, 0.5) is 11.4 Å². The number of nitrogens with two attached hydrogens (primary N) is 2. The lowest BCUT2D eigenvalue weighted by atomic mass is 10.00. The fourth-order valence-electron chi connectivity index (χ4n) is 3.11. The Balaban J connectivity index is 1.62. The van der Waals surface area contributed by atoms with Crippen molar-refractivity contribution in [1.82, 2.24) is 0 Å². The summed E-state index contributed by atoms with van der Waals surface area (Å²) in [6, 6.07) is 12.1. The lowest BCUT2D eigenvalue weighted by molar-refractivity contribution is -0.145. The summed E-state index contributed by atoms with van der Waals surface area (Å²) in [4.78, 5) is 28.0. The summed E-state index contributed by atoms with van der Waals surface area (Å²) < 4.78 is 10.9. The minimum atomic E-state index is -0.254. The number of fused-ring (bicyclic) bond motifs is 1. The maximum atomic E-state index is 12.5. The van der Waals surface area contributed by atoms with Gasteiger partial charge in [-0.1, -0.05) is 0 Å². The van der Waals surface area contributed by atoms with E-state index in [1.807, 2.05) is 12.1 Å². The van der Waals surface area contributed by atoms with Crippen LogP contribution in [-0.4, -0.2) is 30.5 Å². The van der Waals surface area contributed by atoms with Gasteiger partial charge in [-0.05, 0) is 67.8 Å². The second-order valence-electron chi connectivity index (χ2n) is 6.65. The summed E-state index contributed by atoms with van der Waals surface area (Å²) in [7, 11) is 0. The van der Waals surface area contributed by atoms with E-state index in [1.54, 1.807) is 37.3 Å². The molecule has 0 saturated heterocycles. The van der Waals surface area contributed by atoms with Crippen LogP contribution in [0.5, 0.6) is 5.75 Å². The maximum Gasteiger partial charge on any atom is 0.309 e. The van der Waals surface area contributed by atoms with Gasteiger partial charge in [0.15, 0.2) is 5.96 Å². The Morgan fingerprint density at radius 3 is 2.66 bits per heavy atom. The monoisotopic (exact) mass is 396 g/mol. The minimum Gasteiger partial charge on any atom is -0.490 e. The van der Waals surface area contributed by atoms with E-state index in [0.717, 1.165) is 24.2 Å². The molecule has 8 heteroatoms. The number of carbonyl (C=O) groups excluding carboxylic acids is 2. The molecule has 0 aromatic heterocycles. The van der Waals surface area contributed by atoms with Crippen molar-refractivity contribution in [3.05, 3.63) is 53.6 Å². The highest BCUT2D eigenvalue weighted by molar-refractivity contribution is 6.04. The van der Waals surface area contributed by atoms with Crippen LogP contribution < -0.4 is 21.5 Å². The molecule has 8 nitrogen and oxygen atoms in total. The number of aliphatic imine (C=N–C) groups is 1. The molecular formula is C21H24N4O4. The van der Waals surface area contributed by atoms with E-state index in [1.165, 1.54) is 0 Å². The van der Waals surface area contributed by atoms with E-state index in [2.05, 4.69) is 10.3 Å². The maximum absolute atomic E-state index is 12.5. The standard InChI is InChI=1S/C21H24N4O4/c1-2-28-19(26)12-17-9-5-14-11-16(8-10-18(14)29-17)24-20(27)13-3-6-15(7-4-13)25-21(22)23/h3-4,6-8,10-11,17H,2,5,9,12H2,1H3,(H,24,27)(H4,22,23,25). The third-order valence-electron chi connectivity index (χ3n) is 4.43. The second-order valence-corrected chi connectivity index (χ2v) is 6.65. The van der Waals surface area contributed by atoms with Crippen LogP contribution in [0, 0.1) is 0 Å². The number of rotatable bonds is 6. The Kier molecular flexibility index (Phi) is 6.33. The predicted octanol–water partition coefficient (Wildman–Crippen LogP) is 2.49. The molecule has 2 aromatic rings. The third kappa shape index (κ3) is 5.47. The molecule has 5 N–H and O–H groups in total. The Labute approximate surface area is 168 Å². The van der Waals surface area contributed by atoms with Gasteiger partial charge in [-0.3, -0.25) is 9.59 Å². The van der Waals surface area contributed by atoms with Gasteiger partial charge in [0, 0.05) is 11.3 Å². The summed E-state index contributed by atoms with van der Waals surface area (Å²) >= 11 is 0. The molecule has 1 atom stereocenters. The molecule has 1 heterocycles.